The van der Waals surface area contributed by atoms with Crippen molar-refractivity contribution in [2.45, 2.75) is 20.3 Å². The van der Waals surface area contributed by atoms with E-state index >= 15 is 0 Å². The molecule has 0 aliphatic heterocycles. The zero-order chi connectivity index (χ0) is 7.98. The summed E-state index contributed by atoms with van der Waals surface area (Å²) in [4.78, 5) is 0. The second-order valence-corrected chi connectivity index (χ2v) is 2.33. The van der Waals surface area contributed by atoms with Crippen LogP contribution in [0.15, 0.2) is 11.6 Å². The summed E-state index contributed by atoms with van der Waals surface area (Å²) in [6.45, 7) is 3.90. The van der Waals surface area contributed by atoms with Crippen LogP contribution in [0.2, 0.25) is 0 Å². The lowest BCUT2D eigenvalue weighted by molar-refractivity contribution is 0.856. The highest BCUT2D eigenvalue weighted by atomic mass is 14.3. The van der Waals surface area contributed by atoms with Crippen molar-refractivity contribution in [2.24, 2.45) is 5.92 Å². The van der Waals surface area contributed by atoms with Crippen LogP contribution in [-0.2, 0) is 0 Å². The van der Waals surface area contributed by atoms with Crippen LogP contribution in [0.1, 0.15) is 20.3 Å². The van der Waals surface area contributed by atoms with Gasteiger partial charge in [0.25, 0.3) is 0 Å². The summed E-state index contributed by atoms with van der Waals surface area (Å²) in [7, 11) is 0. The normalized spacial score (nSPS) is 8.10. The first-order chi connectivity index (χ1) is 4.70. The van der Waals surface area contributed by atoms with Crippen molar-refractivity contribution in [2.75, 3.05) is 0 Å². The molecule has 0 aliphatic rings. The Kier molecular flexibility index (Phi) is 4.00. The molecule has 0 N–H and O–H groups in total. The van der Waals surface area contributed by atoms with Crippen molar-refractivity contribution in [3.63, 3.8) is 0 Å². The van der Waals surface area contributed by atoms with Crippen LogP contribution in [0.25, 0.3) is 0 Å². The lowest BCUT2D eigenvalue weighted by Gasteiger charge is -1.91. The first-order valence-electron chi connectivity index (χ1n) is 3.13. The predicted molar refractivity (Wildman–Crippen MR) is 38.8 cm³/mol. The molecular formula is C8H10N2. The molecule has 2 heteroatoms. The molecule has 0 aromatic carbocycles. The Morgan fingerprint density at radius 1 is 1.40 bits per heavy atom. The summed E-state index contributed by atoms with van der Waals surface area (Å²) >= 11 is 0. The van der Waals surface area contributed by atoms with Crippen LogP contribution in [0.3, 0.4) is 0 Å². The van der Waals surface area contributed by atoms with Gasteiger partial charge in [-0.25, -0.2) is 0 Å². The van der Waals surface area contributed by atoms with E-state index in [2.05, 4.69) is 0 Å². The molecule has 0 aliphatic carbocycles. The molecule has 0 atom stereocenters. The van der Waals surface area contributed by atoms with Gasteiger partial charge in [0.15, 0.2) is 0 Å². The van der Waals surface area contributed by atoms with Gasteiger partial charge >= 0.3 is 0 Å². The van der Waals surface area contributed by atoms with E-state index in [9.17, 15) is 0 Å². The molecule has 0 rings (SSSR count). The highest BCUT2D eigenvalue weighted by Gasteiger charge is 2.00. The van der Waals surface area contributed by atoms with Gasteiger partial charge in [-0.1, -0.05) is 11.6 Å². The molecule has 0 radical (unpaired) electrons. The summed E-state index contributed by atoms with van der Waals surface area (Å²) in [5.41, 5.74) is 1.15. The average Bonchev–Trinajstić information content (AvgIpc) is 1.90. The molecule has 0 unspecified atom stereocenters. The fourth-order valence-corrected chi connectivity index (χ4v) is 0.488. The zero-order valence-corrected chi connectivity index (χ0v) is 6.26. The first kappa shape index (κ1) is 8.72. The molecule has 0 saturated heterocycles. The van der Waals surface area contributed by atoms with Crippen LogP contribution in [-0.4, -0.2) is 0 Å². The topological polar surface area (TPSA) is 47.6 Å². The molecule has 52 valence electrons. The van der Waals surface area contributed by atoms with Gasteiger partial charge in [0.1, 0.15) is 5.92 Å². The zero-order valence-electron chi connectivity index (χ0n) is 6.26. The number of hydrogen-bond acceptors (Lipinski definition) is 2. The van der Waals surface area contributed by atoms with E-state index in [1.54, 1.807) is 0 Å². The summed E-state index contributed by atoms with van der Waals surface area (Å²) in [5.74, 6) is -0.477. The van der Waals surface area contributed by atoms with Gasteiger partial charge < -0.3 is 0 Å². The lowest BCUT2D eigenvalue weighted by atomic mass is 10.1. The van der Waals surface area contributed by atoms with E-state index in [0.717, 1.165) is 5.57 Å². The summed E-state index contributed by atoms with van der Waals surface area (Å²) in [6, 6.07) is 3.80. The maximum absolute atomic E-state index is 8.34. The highest BCUT2D eigenvalue weighted by Crippen LogP contribution is 2.02. The Labute approximate surface area is 61.4 Å². The van der Waals surface area contributed by atoms with Crippen molar-refractivity contribution < 1.29 is 0 Å². The Bertz CT molecular complexity index is 184. The van der Waals surface area contributed by atoms with E-state index in [-0.39, 0.29) is 0 Å². The number of hydrogen-bond donors (Lipinski definition) is 0. The smallest absolute Gasteiger partial charge is 0.136 e. The molecule has 0 aromatic heterocycles. The lowest BCUT2D eigenvalue weighted by Crippen LogP contribution is -1.89. The van der Waals surface area contributed by atoms with Gasteiger partial charge in [0, 0.05) is 0 Å². The van der Waals surface area contributed by atoms with E-state index in [4.69, 9.17) is 10.5 Å². The largest absolute Gasteiger partial charge is 0.197 e. The number of rotatable bonds is 2. The minimum Gasteiger partial charge on any atom is -0.197 e. The first-order valence-corrected chi connectivity index (χ1v) is 3.13. The van der Waals surface area contributed by atoms with Crippen LogP contribution in [0, 0.1) is 28.6 Å². The Hall–Kier alpha value is -1.28. The van der Waals surface area contributed by atoms with Crippen molar-refractivity contribution >= 4 is 0 Å². The van der Waals surface area contributed by atoms with Crippen LogP contribution >= 0.6 is 0 Å². The van der Waals surface area contributed by atoms with Gasteiger partial charge in [-0.3, -0.25) is 0 Å². The monoisotopic (exact) mass is 134 g/mol. The molecule has 10 heavy (non-hydrogen) atoms. The second-order valence-electron chi connectivity index (χ2n) is 2.33. The third-order valence-corrected chi connectivity index (χ3v) is 1.07. The fraction of sp³-hybridized carbons (Fsp3) is 0.500. The Morgan fingerprint density at radius 2 is 1.90 bits per heavy atom. The average molecular weight is 134 g/mol. The van der Waals surface area contributed by atoms with Crippen molar-refractivity contribution in [3.8, 4) is 12.1 Å². The maximum atomic E-state index is 8.34. The maximum Gasteiger partial charge on any atom is 0.136 e. The quantitative estimate of drug-likeness (QED) is 0.542. The molecule has 0 heterocycles. The Balaban J connectivity index is 3.83. The molecule has 0 aromatic rings. The molecule has 0 spiro atoms. The highest BCUT2D eigenvalue weighted by molar-refractivity contribution is 5.05. The second kappa shape index (κ2) is 4.58. The number of nitriles is 2. The van der Waals surface area contributed by atoms with Crippen LogP contribution in [0.5, 0.6) is 0 Å². The minimum absolute atomic E-state index is 0.477. The summed E-state index contributed by atoms with van der Waals surface area (Å²) < 4.78 is 0. The standard InChI is InChI=1S/C8H10N2/c1-7(2)3-4-8(5-9)6-10/h3,8H,4H2,1-2H3. The predicted octanol–water partition coefficient (Wildman–Crippen LogP) is 2.01. The Morgan fingerprint density at radius 3 is 2.20 bits per heavy atom. The molecule has 2 nitrogen and oxygen atoms in total. The number of nitrogens with zero attached hydrogens (tertiary/aromatic N) is 2. The third kappa shape index (κ3) is 3.69. The molecule has 0 amide bonds. The van der Waals surface area contributed by atoms with Crippen LogP contribution in [0.4, 0.5) is 0 Å². The summed E-state index contributed by atoms with van der Waals surface area (Å²) in [6.07, 6.45) is 2.45. The van der Waals surface area contributed by atoms with Gasteiger partial charge in [-0.05, 0) is 20.3 Å². The van der Waals surface area contributed by atoms with E-state index in [0.29, 0.717) is 6.42 Å². The van der Waals surface area contributed by atoms with Crippen molar-refractivity contribution in [1.82, 2.24) is 0 Å². The number of allylic oxidation sites excluding steroid dienone is 2. The SMILES string of the molecule is CC(C)=CCC(C#N)C#N. The van der Waals surface area contributed by atoms with Gasteiger partial charge in [-0.15, -0.1) is 0 Å². The van der Waals surface area contributed by atoms with Gasteiger partial charge in [0.05, 0.1) is 12.1 Å². The van der Waals surface area contributed by atoms with Crippen molar-refractivity contribution in [3.05, 3.63) is 11.6 Å². The fourth-order valence-electron chi connectivity index (χ4n) is 0.488. The molecule has 0 saturated carbocycles. The van der Waals surface area contributed by atoms with E-state index in [1.165, 1.54) is 0 Å². The molecule has 0 fully saturated rings. The minimum atomic E-state index is -0.477. The third-order valence-electron chi connectivity index (χ3n) is 1.07. The van der Waals surface area contributed by atoms with E-state index < -0.39 is 5.92 Å². The summed E-state index contributed by atoms with van der Waals surface area (Å²) in [5, 5.41) is 16.7. The van der Waals surface area contributed by atoms with E-state index in [1.807, 2.05) is 32.1 Å². The van der Waals surface area contributed by atoms with Crippen LogP contribution < -0.4 is 0 Å². The molecule has 0 bridgehead atoms. The van der Waals surface area contributed by atoms with Gasteiger partial charge in [-0.2, -0.15) is 10.5 Å². The molecular weight excluding hydrogens is 124 g/mol. The van der Waals surface area contributed by atoms with Gasteiger partial charge in [0.2, 0.25) is 0 Å². The van der Waals surface area contributed by atoms with Crippen molar-refractivity contribution in [1.29, 1.82) is 10.5 Å².